The molecule has 4 N–H and O–H groups in total. The number of hydrogen-bond acceptors (Lipinski definition) is 8. The van der Waals surface area contributed by atoms with Gasteiger partial charge in [-0.2, -0.15) is 0 Å². The number of hydrogen-bond donors (Lipinski definition) is 4. The zero-order valence-corrected chi connectivity index (χ0v) is 19.7. The van der Waals surface area contributed by atoms with Crippen molar-refractivity contribution in [2.45, 2.75) is 12.2 Å². The molecule has 2 atom stereocenters. The van der Waals surface area contributed by atoms with Gasteiger partial charge in [0, 0.05) is 36.2 Å². The molecule has 0 saturated heterocycles. The summed E-state index contributed by atoms with van der Waals surface area (Å²) < 4.78 is 1.59. The third-order valence-electron chi connectivity index (χ3n) is 4.56. The lowest BCUT2D eigenvalue weighted by molar-refractivity contribution is 0.0172. The van der Waals surface area contributed by atoms with Crippen LogP contribution in [0.5, 0.6) is 0 Å². The third-order valence-corrected chi connectivity index (χ3v) is 5.38. The average Bonchev–Trinajstić information content (AvgIpc) is 2.82. The van der Waals surface area contributed by atoms with Gasteiger partial charge in [-0.15, -0.1) is 0 Å². The van der Waals surface area contributed by atoms with Crippen LogP contribution in [0, 0.1) is 0 Å². The predicted molar refractivity (Wildman–Crippen MR) is 129 cm³/mol. The van der Waals surface area contributed by atoms with Gasteiger partial charge in [-0.1, -0.05) is 24.3 Å². The monoisotopic (exact) mass is 556 g/mol. The van der Waals surface area contributed by atoms with E-state index in [2.05, 4.69) is 62.4 Å². The Bertz CT molecular complexity index is 1060. The Morgan fingerprint density at radius 3 is 1.19 bits per heavy atom. The van der Waals surface area contributed by atoms with Crippen molar-refractivity contribution in [1.82, 2.24) is 19.9 Å². The predicted octanol–water partition coefficient (Wildman–Crippen LogP) is 5.05. The van der Waals surface area contributed by atoms with Gasteiger partial charge in [0.2, 0.25) is 11.9 Å². The molecule has 0 amide bonds. The van der Waals surface area contributed by atoms with Gasteiger partial charge in [0.25, 0.3) is 0 Å². The topological polar surface area (TPSA) is 116 Å². The lowest BCUT2D eigenvalue weighted by Gasteiger charge is -2.19. The van der Waals surface area contributed by atoms with E-state index in [1.54, 1.807) is 73.3 Å². The Morgan fingerprint density at radius 2 is 0.875 bits per heavy atom. The minimum atomic E-state index is -1.08. The maximum atomic E-state index is 10.6. The van der Waals surface area contributed by atoms with Gasteiger partial charge < -0.3 is 20.8 Å². The van der Waals surface area contributed by atoms with E-state index in [4.69, 9.17) is 0 Å². The Balaban J connectivity index is 1.39. The summed E-state index contributed by atoms with van der Waals surface area (Å²) in [6, 6.07) is 14.2. The van der Waals surface area contributed by atoms with Gasteiger partial charge in [0.1, 0.15) is 12.2 Å². The van der Waals surface area contributed by atoms with Crippen molar-refractivity contribution in [1.29, 1.82) is 0 Å². The molecule has 2 heterocycles. The van der Waals surface area contributed by atoms with Crippen LogP contribution in [0.3, 0.4) is 0 Å². The first-order valence-corrected chi connectivity index (χ1v) is 11.1. The van der Waals surface area contributed by atoms with Crippen molar-refractivity contribution >= 4 is 55.1 Å². The summed E-state index contributed by atoms with van der Waals surface area (Å²) in [5, 5.41) is 27.4. The summed E-state index contributed by atoms with van der Waals surface area (Å²) in [7, 11) is 0. The fourth-order valence-electron chi connectivity index (χ4n) is 2.90. The maximum Gasteiger partial charge on any atom is 0.227 e. The van der Waals surface area contributed by atoms with Gasteiger partial charge in [0.05, 0.1) is 8.95 Å². The van der Waals surface area contributed by atoms with Crippen LogP contribution in [0.1, 0.15) is 23.3 Å². The number of anilines is 4. The normalized spacial score (nSPS) is 12.8. The number of rotatable bonds is 7. The summed E-state index contributed by atoms with van der Waals surface area (Å²) in [6.07, 6.45) is 4.43. The van der Waals surface area contributed by atoms with Gasteiger partial charge in [0.15, 0.2) is 0 Å². The highest BCUT2D eigenvalue weighted by molar-refractivity contribution is 9.10. The molecule has 0 saturated carbocycles. The van der Waals surface area contributed by atoms with Crippen LogP contribution in [-0.2, 0) is 0 Å². The molecule has 2 aromatic carbocycles. The fourth-order valence-corrected chi connectivity index (χ4v) is 3.31. The maximum absolute atomic E-state index is 10.6. The summed E-state index contributed by atoms with van der Waals surface area (Å²) in [6.45, 7) is 0. The molecular weight excluding hydrogens is 540 g/mol. The van der Waals surface area contributed by atoms with E-state index in [-0.39, 0.29) is 0 Å². The summed E-state index contributed by atoms with van der Waals surface area (Å²) in [5.41, 5.74) is 2.71. The van der Waals surface area contributed by atoms with Gasteiger partial charge >= 0.3 is 0 Å². The first kappa shape index (κ1) is 22.3. The number of benzene rings is 2. The number of nitrogens with one attached hydrogen (secondary N) is 2. The fraction of sp³-hybridized carbons (Fsp3) is 0.0909. The van der Waals surface area contributed by atoms with Crippen LogP contribution >= 0.6 is 31.9 Å². The second kappa shape index (κ2) is 10.1. The molecule has 0 fully saturated rings. The Morgan fingerprint density at radius 1 is 0.562 bits per heavy atom. The van der Waals surface area contributed by atoms with Gasteiger partial charge in [-0.05, 0) is 67.3 Å². The van der Waals surface area contributed by atoms with Crippen molar-refractivity contribution in [3.05, 3.63) is 93.4 Å². The standard InChI is InChI=1S/C22H18Br2N6O2/c23-15-9-25-21(26-10-15)29-17-5-1-13(2-6-17)19(31)20(32)14-3-7-18(8-4-14)30-22-27-11-16(24)12-28-22/h1-12,19-20,31-32H,(H,25,26,29)(H,27,28,30). The Labute approximate surface area is 201 Å². The smallest absolute Gasteiger partial charge is 0.227 e. The van der Waals surface area contributed by atoms with Crippen LogP contribution in [-0.4, -0.2) is 30.1 Å². The summed E-state index contributed by atoms with van der Waals surface area (Å²) in [4.78, 5) is 16.7. The van der Waals surface area contributed by atoms with Crippen LogP contribution in [0.15, 0.2) is 82.3 Å². The van der Waals surface area contributed by atoms with E-state index in [0.717, 1.165) is 20.3 Å². The molecule has 10 heteroatoms. The van der Waals surface area contributed by atoms with E-state index >= 15 is 0 Å². The minimum Gasteiger partial charge on any atom is -0.385 e. The van der Waals surface area contributed by atoms with E-state index in [9.17, 15) is 10.2 Å². The van der Waals surface area contributed by atoms with Crippen molar-refractivity contribution in [3.8, 4) is 0 Å². The van der Waals surface area contributed by atoms with Crippen molar-refractivity contribution in [3.63, 3.8) is 0 Å². The van der Waals surface area contributed by atoms with E-state index in [1.807, 2.05) is 0 Å². The molecule has 0 spiro atoms. The largest absolute Gasteiger partial charge is 0.385 e. The molecule has 2 aromatic heterocycles. The van der Waals surface area contributed by atoms with Crippen LogP contribution in [0.2, 0.25) is 0 Å². The molecule has 4 aromatic rings. The molecule has 0 bridgehead atoms. The Kier molecular flexibility index (Phi) is 7.05. The quantitative estimate of drug-likeness (QED) is 0.249. The molecule has 2 unspecified atom stereocenters. The van der Waals surface area contributed by atoms with Crippen LogP contribution in [0.25, 0.3) is 0 Å². The highest BCUT2D eigenvalue weighted by Gasteiger charge is 2.20. The SMILES string of the molecule is OC(c1ccc(Nc2ncc(Br)cn2)cc1)C(O)c1ccc(Nc2ncc(Br)cn2)cc1. The van der Waals surface area contributed by atoms with Crippen LogP contribution < -0.4 is 10.6 Å². The first-order chi connectivity index (χ1) is 15.5. The molecule has 0 aliphatic carbocycles. The lowest BCUT2D eigenvalue weighted by atomic mass is 9.98. The molecular formula is C22H18Br2N6O2. The highest BCUT2D eigenvalue weighted by Crippen LogP contribution is 2.30. The first-order valence-electron chi connectivity index (χ1n) is 9.53. The molecule has 8 nitrogen and oxygen atoms in total. The second-order valence-electron chi connectivity index (χ2n) is 6.83. The minimum absolute atomic E-state index is 0.462. The number of halogens is 2. The van der Waals surface area contributed by atoms with Crippen molar-refractivity contribution in [2.75, 3.05) is 10.6 Å². The summed E-state index contributed by atoms with van der Waals surface area (Å²) >= 11 is 6.59. The average molecular weight is 558 g/mol. The highest BCUT2D eigenvalue weighted by atomic mass is 79.9. The summed E-state index contributed by atoms with van der Waals surface area (Å²) in [5.74, 6) is 0.924. The Hall–Kier alpha value is -2.92. The zero-order valence-electron chi connectivity index (χ0n) is 16.5. The lowest BCUT2D eigenvalue weighted by Crippen LogP contribution is -2.10. The van der Waals surface area contributed by atoms with Crippen molar-refractivity contribution < 1.29 is 10.2 Å². The molecule has 4 rings (SSSR count). The molecule has 0 aliphatic rings. The number of nitrogens with zero attached hydrogens (tertiary/aromatic N) is 4. The number of aliphatic hydroxyl groups excluding tert-OH is 2. The number of aromatic nitrogens is 4. The molecule has 162 valence electrons. The van der Waals surface area contributed by atoms with Crippen LogP contribution in [0.4, 0.5) is 23.3 Å². The molecule has 0 aliphatic heterocycles. The number of aliphatic hydroxyl groups is 2. The van der Waals surface area contributed by atoms with Crippen molar-refractivity contribution in [2.24, 2.45) is 0 Å². The van der Waals surface area contributed by atoms with E-state index < -0.39 is 12.2 Å². The second-order valence-corrected chi connectivity index (χ2v) is 8.66. The zero-order chi connectivity index (χ0) is 22.5. The molecule has 32 heavy (non-hydrogen) atoms. The van der Waals surface area contributed by atoms with E-state index in [1.165, 1.54) is 0 Å². The third kappa shape index (κ3) is 5.65. The molecule has 0 radical (unpaired) electrons. The van der Waals surface area contributed by atoms with E-state index in [0.29, 0.717) is 23.0 Å². The van der Waals surface area contributed by atoms with Gasteiger partial charge in [-0.25, -0.2) is 19.9 Å². The van der Waals surface area contributed by atoms with Gasteiger partial charge in [-0.3, -0.25) is 0 Å².